The molecular weight excluding hydrogens is 288 g/mol. The van der Waals surface area contributed by atoms with Gasteiger partial charge in [0.15, 0.2) is 17.8 Å². The molecule has 2 aromatic rings. The molecule has 3 nitrogen and oxygen atoms in total. The summed E-state index contributed by atoms with van der Waals surface area (Å²) in [6, 6.07) is 11.0. The molecule has 0 aliphatic carbocycles. The first-order valence-corrected chi connectivity index (χ1v) is 7.12. The van der Waals surface area contributed by atoms with E-state index in [0.29, 0.717) is 28.7 Å². The third-order valence-electron chi connectivity index (χ3n) is 3.02. The van der Waals surface area contributed by atoms with E-state index < -0.39 is 0 Å². The number of aldehydes is 1. The van der Waals surface area contributed by atoms with E-state index in [4.69, 9.17) is 21.1 Å². The first-order chi connectivity index (χ1) is 10.2. The van der Waals surface area contributed by atoms with Gasteiger partial charge in [-0.1, -0.05) is 29.8 Å². The normalized spacial score (nSPS) is 10.2. The molecule has 2 aromatic carbocycles. The number of carbonyl (C=O) groups excluding carboxylic acids is 1. The second-order valence-corrected chi connectivity index (χ2v) is 5.02. The third-order valence-corrected chi connectivity index (χ3v) is 3.37. The lowest BCUT2D eigenvalue weighted by atomic mass is 10.1. The van der Waals surface area contributed by atoms with E-state index in [1.54, 1.807) is 18.2 Å². The van der Waals surface area contributed by atoms with Crippen LogP contribution >= 0.6 is 11.6 Å². The van der Waals surface area contributed by atoms with Crippen LogP contribution in [0.25, 0.3) is 0 Å². The molecule has 2 rings (SSSR count). The number of aryl methyl sites for hydroxylation is 1. The minimum absolute atomic E-state index is 0.282. The zero-order valence-corrected chi connectivity index (χ0v) is 12.8. The second kappa shape index (κ2) is 7.14. The quantitative estimate of drug-likeness (QED) is 0.740. The summed E-state index contributed by atoms with van der Waals surface area (Å²) in [5, 5.41) is 0.650. The maximum atomic E-state index is 11.1. The van der Waals surface area contributed by atoms with Gasteiger partial charge in [0.05, 0.1) is 12.2 Å². The number of para-hydroxylation sites is 1. The molecule has 0 heterocycles. The van der Waals surface area contributed by atoms with Crippen molar-refractivity contribution in [2.24, 2.45) is 0 Å². The van der Waals surface area contributed by atoms with Gasteiger partial charge in [-0.25, -0.2) is 0 Å². The molecule has 21 heavy (non-hydrogen) atoms. The summed E-state index contributed by atoms with van der Waals surface area (Å²) in [7, 11) is 0. The summed E-state index contributed by atoms with van der Waals surface area (Å²) < 4.78 is 11.3. The molecule has 110 valence electrons. The first-order valence-electron chi connectivity index (χ1n) is 6.74. The minimum Gasteiger partial charge on any atom is -0.490 e. The van der Waals surface area contributed by atoms with Gasteiger partial charge in [-0.2, -0.15) is 0 Å². The van der Waals surface area contributed by atoms with Crippen LogP contribution in [0.3, 0.4) is 0 Å². The Balaban J connectivity index is 2.24. The smallest absolute Gasteiger partial charge is 0.172 e. The maximum absolute atomic E-state index is 11.1. The Labute approximate surface area is 129 Å². The van der Waals surface area contributed by atoms with E-state index >= 15 is 0 Å². The zero-order valence-electron chi connectivity index (χ0n) is 12.1. The minimum atomic E-state index is 0.282. The summed E-state index contributed by atoms with van der Waals surface area (Å²) in [5.41, 5.74) is 2.42. The van der Waals surface area contributed by atoms with Crippen molar-refractivity contribution in [3.05, 3.63) is 58.1 Å². The molecule has 0 spiro atoms. The largest absolute Gasteiger partial charge is 0.490 e. The molecular formula is C17H17ClO3. The monoisotopic (exact) mass is 304 g/mol. The SMILES string of the molecule is CCOc1cccc(C=O)c1OCc1ccc(C)cc1Cl. The fourth-order valence-corrected chi connectivity index (χ4v) is 2.26. The lowest BCUT2D eigenvalue weighted by Gasteiger charge is -2.14. The Hall–Kier alpha value is -2.00. The number of rotatable bonds is 6. The molecule has 0 aromatic heterocycles. The van der Waals surface area contributed by atoms with Gasteiger partial charge in [0.2, 0.25) is 0 Å². The lowest BCUT2D eigenvalue weighted by Crippen LogP contribution is -2.02. The topological polar surface area (TPSA) is 35.5 Å². The molecule has 0 saturated heterocycles. The van der Waals surface area contributed by atoms with Gasteiger partial charge in [-0.3, -0.25) is 4.79 Å². The Kier molecular flexibility index (Phi) is 5.23. The van der Waals surface area contributed by atoms with Crippen molar-refractivity contribution < 1.29 is 14.3 Å². The Morgan fingerprint density at radius 2 is 2.00 bits per heavy atom. The van der Waals surface area contributed by atoms with Crippen LogP contribution in [-0.4, -0.2) is 12.9 Å². The fourth-order valence-electron chi connectivity index (χ4n) is 1.97. The van der Waals surface area contributed by atoms with Gasteiger partial charge in [0.25, 0.3) is 0 Å². The van der Waals surface area contributed by atoms with E-state index in [-0.39, 0.29) is 6.61 Å². The maximum Gasteiger partial charge on any atom is 0.172 e. The summed E-state index contributed by atoms with van der Waals surface area (Å²) in [6.07, 6.45) is 0.759. The number of hydrogen-bond acceptors (Lipinski definition) is 3. The summed E-state index contributed by atoms with van der Waals surface area (Å²) >= 11 is 6.19. The molecule has 0 aliphatic heterocycles. The molecule has 0 fully saturated rings. The van der Waals surface area contributed by atoms with Crippen LogP contribution in [0.1, 0.15) is 28.4 Å². The van der Waals surface area contributed by atoms with E-state index in [1.807, 2.05) is 32.0 Å². The highest BCUT2D eigenvalue weighted by atomic mass is 35.5. The Bertz CT molecular complexity index is 638. The van der Waals surface area contributed by atoms with Crippen LogP contribution in [0, 0.1) is 6.92 Å². The molecule has 4 heteroatoms. The van der Waals surface area contributed by atoms with Gasteiger partial charge < -0.3 is 9.47 Å². The highest BCUT2D eigenvalue weighted by molar-refractivity contribution is 6.31. The van der Waals surface area contributed by atoms with Crippen molar-refractivity contribution >= 4 is 17.9 Å². The predicted molar refractivity (Wildman–Crippen MR) is 83.5 cm³/mol. The van der Waals surface area contributed by atoms with Crippen molar-refractivity contribution in [3.8, 4) is 11.5 Å². The van der Waals surface area contributed by atoms with Gasteiger partial charge >= 0.3 is 0 Å². The van der Waals surface area contributed by atoms with E-state index in [2.05, 4.69) is 0 Å². The van der Waals surface area contributed by atoms with Crippen LogP contribution < -0.4 is 9.47 Å². The van der Waals surface area contributed by atoms with Gasteiger partial charge in [0.1, 0.15) is 6.61 Å². The van der Waals surface area contributed by atoms with Crippen molar-refractivity contribution in [3.63, 3.8) is 0 Å². The standard InChI is InChI=1S/C17H17ClO3/c1-3-20-16-6-4-5-13(10-19)17(16)21-11-14-8-7-12(2)9-15(14)18/h4-10H,3,11H2,1-2H3. The fraction of sp³-hybridized carbons (Fsp3) is 0.235. The average molecular weight is 305 g/mol. The van der Waals surface area contributed by atoms with Gasteiger partial charge in [-0.15, -0.1) is 0 Å². The Morgan fingerprint density at radius 1 is 1.19 bits per heavy atom. The molecule has 0 aliphatic rings. The van der Waals surface area contributed by atoms with Crippen LogP contribution in [-0.2, 0) is 6.61 Å². The molecule has 0 radical (unpaired) electrons. The third kappa shape index (κ3) is 3.76. The number of hydrogen-bond donors (Lipinski definition) is 0. The highest BCUT2D eigenvalue weighted by Crippen LogP contribution is 2.31. The van der Waals surface area contributed by atoms with Crippen LogP contribution in [0.5, 0.6) is 11.5 Å². The zero-order chi connectivity index (χ0) is 15.2. The number of carbonyl (C=O) groups is 1. The van der Waals surface area contributed by atoms with Gasteiger partial charge in [0, 0.05) is 10.6 Å². The summed E-state index contributed by atoms with van der Waals surface area (Å²) in [5.74, 6) is 1.01. The van der Waals surface area contributed by atoms with Crippen molar-refractivity contribution in [1.82, 2.24) is 0 Å². The van der Waals surface area contributed by atoms with E-state index in [9.17, 15) is 4.79 Å². The highest BCUT2D eigenvalue weighted by Gasteiger charge is 2.11. The molecule has 0 saturated carbocycles. The van der Waals surface area contributed by atoms with Crippen molar-refractivity contribution in [2.75, 3.05) is 6.61 Å². The average Bonchev–Trinajstić information content (AvgIpc) is 2.47. The molecule has 0 N–H and O–H groups in total. The van der Waals surface area contributed by atoms with Gasteiger partial charge in [-0.05, 0) is 37.6 Å². The molecule has 0 atom stereocenters. The van der Waals surface area contributed by atoms with Crippen LogP contribution in [0.4, 0.5) is 0 Å². The van der Waals surface area contributed by atoms with Crippen molar-refractivity contribution in [1.29, 1.82) is 0 Å². The van der Waals surface area contributed by atoms with E-state index in [1.165, 1.54) is 0 Å². The Morgan fingerprint density at radius 3 is 2.67 bits per heavy atom. The number of halogens is 1. The summed E-state index contributed by atoms with van der Waals surface area (Å²) in [6.45, 7) is 4.65. The molecule has 0 bridgehead atoms. The second-order valence-electron chi connectivity index (χ2n) is 4.61. The summed E-state index contributed by atoms with van der Waals surface area (Å²) in [4.78, 5) is 11.1. The lowest BCUT2D eigenvalue weighted by molar-refractivity contribution is 0.111. The van der Waals surface area contributed by atoms with Crippen LogP contribution in [0.2, 0.25) is 5.02 Å². The predicted octanol–water partition coefficient (Wildman–Crippen LogP) is 4.44. The molecule has 0 amide bonds. The van der Waals surface area contributed by atoms with E-state index in [0.717, 1.165) is 17.4 Å². The first kappa shape index (κ1) is 15.4. The van der Waals surface area contributed by atoms with Crippen LogP contribution in [0.15, 0.2) is 36.4 Å². The van der Waals surface area contributed by atoms with Crippen molar-refractivity contribution in [2.45, 2.75) is 20.5 Å². The molecule has 0 unspecified atom stereocenters. The number of benzene rings is 2. The number of ether oxygens (including phenoxy) is 2.